The molecule has 1 amide bonds. The number of rotatable bonds is 7. The largest absolute Gasteiger partial charge is 0.454 e. The van der Waals surface area contributed by atoms with Crippen molar-refractivity contribution < 1.29 is 14.3 Å². The van der Waals surface area contributed by atoms with Gasteiger partial charge in [0.1, 0.15) is 5.76 Å². The summed E-state index contributed by atoms with van der Waals surface area (Å²) in [4.78, 5) is 12.2. The molecule has 142 valence electrons. The van der Waals surface area contributed by atoms with Gasteiger partial charge in [-0.05, 0) is 45.1 Å². The normalized spacial score (nSPS) is 12.3. The van der Waals surface area contributed by atoms with Crippen LogP contribution in [0.4, 0.5) is 0 Å². The van der Waals surface area contributed by atoms with Gasteiger partial charge in [0.2, 0.25) is 0 Å². The third-order valence-corrected chi connectivity index (χ3v) is 4.66. The molecule has 1 atom stereocenters. The van der Waals surface area contributed by atoms with Gasteiger partial charge >= 0.3 is 0 Å². The van der Waals surface area contributed by atoms with E-state index in [2.05, 4.69) is 40.2 Å². The number of amides is 1. The van der Waals surface area contributed by atoms with Gasteiger partial charge in [-0.1, -0.05) is 38.1 Å². The zero-order chi connectivity index (χ0) is 19.4. The second-order valence-electron chi connectivity index (χ2n) is 6.67. The molecule has 0 aliphatic rings. The Bertz CT molecular complexity index is 899. The highest BCUT2D eigenvalue weighted by atomic mass is 79.9. The topological polar surface area (TPSA) is 80.3 Å². The van der Waals surface area contributed by atoms with Crippen LogP contribution >= 0.6 is 15.9 Å². The quantitative estimate of drug-likeness (QED) is 0.594. The predicted octanol–water partition coefficient (Wildman–Crippen LogP) is 3.87. The molecule has 1 aromatic carbocycles. The molecule has 0 aliphatic heterocycles. The average Bonchev–Trinajstić information content (AvgIpc) is 3.29. The maximum atomic E-state index is 12.2. The number of carbonyl (C=O) groups excluding carboxylic acids is 1. The number of hydrogen-bond acceptors (Lipinski definition) is 4. The summed E-state index contributed by atoms with van der Waals surface area (Å²) < 4.78 is 8.15. The lowest BCUT2D eigenvalue weighted by Crippen LogP contribution is -2.28. The number of halogens is 1. The van der Waals surface area contributed by atoms with Crippen molar-refractivity contribution in [1.82, 2.24) is 15.1 Å². The lowest BCUT2D eigenvalue weighted by molar-refractivity contribution is 0.0887. The Morgan fingerprint density at radius 2 is 1.93 bits per heavy atom. The minimum absolute atomic E-state index is 0.113. The Morgan fingerprint density at radius 1 is 1.22 bits per heavy atom. The number of aliphatic hydroxyl groups excluding tert-OH is 1. The van der Waals surface area contributed by atoms with Gasteiger partial charge in [-0.3, -0.25) is 9.48 Å². The van der Waals surface area contributed by atoms with Crippen LogP contribution in [-0.4, -0.2) is 27.3 Å². The standard InChI is InChI=1S/C20H22BrN3O3/c1-13(2)14-3-5-15(6-4-14)18(25)10-22-20(26)19-8-7-17(27-19)12-24-11-16(21)9-23-24/h3-9,11,13,18,25H,10,12H2,1-2H3,(H,22,26). The Balaban J connectivity index is 1.54. The molecule has 2 aromatic heterocycles. The minimum atomic E-state index is -0.772. The van der Waals surface area contributed by atoms with Crippen LogP contribution in [0, 0.1) is 0 Å². The summed E-state index contributed by atoms with van der Waals surface area (Å²) in [7, 11) is 0. The maximum Gasteiger partial charge on any atom is 0.287 e. The van der Waals surface area contributed by atoms with Crippen LogP contribution in [0.5, 0.6) is 0 Å². The molecule has 2 heterocycles. The van der Waals surface area contributed by atoms with Crippen LogP contribution in [0.2, 0.25) is 0 Å². The number of nitrogens with one attached hydrogen (secondary N) is 1. The smallest absolute Gasteiger partial charge is 0.287 e. The molecule has 0 bridgehead atoms. The molecule has 0 aliphatic carbocycles. The van der Waals surface area contributed by atoms with Gasteiger partial charge in [-0.15, -0.1) is 0 Å². The fourth-order valence-electron chi connectivity index (χ4n) is 2.67. The summed E-state index contributed by atoms with van der Waals surface area (Å²) in [5, 5.41) is 17.1. The Hall–Kier alpha value is -2.38. The van der Waals surface area contributed by atoms with Gasteiger partial charge in [0.15, 0.2) is 5.76 Å². The summed E-state index contributed by atoms with van der Waals surface area (Å²) in [6.45, 7) is 4.79. The van der Waals surface area contributed by atoms with Crippen molar-refractivity contribution in [2.75, 3.05) is 6.54 Å². The van der Waals surface area contributed by atoms with E-state index < -0.39 is 6.10 Å². The van der Waals surface area contributed by atoms with E-state index in [4.69, 9.17) is 4.42 Å². The van der Waals surface area contributed by atoms with Gasteiger partial charge < -0.3 is 14.8 Å². The van der Waals surface area contributed by atoms with E-state index in [9.17, 15) is 9.90 Å². The van der Waals surface area contributed by atoms with E-state index in [1.54, 1.807) is 23.0 Å². The van der Waals surface area contributed by atoms with E-state index in [1.165, 1.54) is 5.56 Å². The Morgan fingerprint density at radius 3 is 2.56 bits per heavy atom. The molecule has 7 heteroatoms. The van der Waals surface area contributed by atoms with E-state index in [0.29, 0.717) is 18.2 Å². The van der Waals surface area contributed by atoms with E-state index >= 15 is 0 Å². The molecule has 3 aromatic rings. The van der Waals surface area contributed by atoms with Gasteiger partial charge in [-0.2, -0.15) is 5.10 Å². The van der Waals surface area contributed by atoms with Crippen molar-refractivity contribution in [2.45, 2.75) is 32.4 Å². The molecule has 0 saturated carbocycles. The minimum Gasteiger partial charge on any atom is -0.454 e. The summed E-state index contributed by atoms with van der Waals surface area (Å²) >= 11 is 3.34. The van der Waals surface area contributed by atoms with Crippen LogP contribution in [0.3, 0.4) is 0 Å². The van der Waals surface area contributed by atoms with Crippen molar-refractivity contribution in [3.05, 3.63) is 75.9 Å². The van der Waals surface area contributed by atoms with Crippen LogP contribution in [-0.2, 0) is 6.54 Å². The molecule has 27 heavy (non-hydrogen) atoms. The number of aliphatic hydroxyl groups is 1. The highest BCUT2D eigenvalue weighted by Gasteiger charge is 2.14. The molecular formula is C20H22BrN3O3. The molecular weight excluding hydrogens is 410 g/mol. The Kier molecular flexibility index (Phi) is 6.13. The molecule has 0 radical (unpaired) electrons. The molecule has 2 N–H and O–H groups in total. The van der Waals surface area contributed by atoms with Crippen molar-refractivity contribution in [2.24, 2.45) is 0 Å². The monoisotopic (exact) mass is 431 g/mol. The number of furan rings is 1. The first-order chi connectivity index (χ1) is 12.9. The maximum absolute atomic E-state index is 12.2. The van der Waals surface area contributed by atoms with Crippen molar-refractivity contribution in [3.63, 3.8) is 0 Å². The van der Waals surface area contributed by atoms with E-state index in [0.717, 1.165) is 10.0 Å². The van der Waals surface area contributed by atoms with Crippen LogP contribution in [0.25, 0.3) is 0 Å². The number of nitrogens with zero attached hydrogens (tertiary/aromatic N) is 2. The van der Waals surface area contributed by atoms with E-state index in [1.807, 2.05) is 30.5 Å². The summed E-state index contributed by atoms with van der Waals surface area (Å²) in [6, 6.07) is 11.1. The molecule has 6 nitrogen and oxygen atoms in total. The van der Waals surface area contributed by atoms with E-state index in [-0.39, 0.29) is 18.2 Å². The summed E-state index contributed by atoms with van der Waals surface area (Å²) in [6.07, 6.45) is 2.74. The number of aromatic nitrogens is 2. The summed E-state index contributed by atoms with van der Waals surface area (Å²) in [5.41, 5.74) is 1.98. The third-order valence-electron chi connectivity index (χ3n) is 4.25. The van der Waals surface area contributed by atoms with Crippen LogP contribution < -0.4 is 5.32 Å². The van der Waals surface area contributed by atoms with Gasteiger partial charge in [0.25, 0.3) is 5.91 Å². The zero-order valence-corrected chi connectivity index (χ0v) is 16.8. The van der Waals surface area contributed by atoms with Crippen LogP contribution in [0.1, 0.15) is 53.3 Å². The molecule has 0 saturated heterocycles. The fraction of sp³-hybridized carbons (Fsp3) is 0.300. The first-order valence-electron chi connectivity index (χ1n) is 8.75. The number of benzene rings is 1. The first-order valence-corrected chi connectivity index (χ1v) is 9.54. The van der Waals surface area contributed by atoms with Gasteiger partial charge in [0, 0.05) is 12.7 Å². The summed E-state index contributed by atoms with van der Waals surface area (Å²) in [5.74, 6) is 0.909. The zero-order valence-electron chi connectivity index (χ0n) is 15.2. The van der Waals surface area contributed by atoms with Gasteiger partial charge in [0.05, 0.1) is 23.3 Å². The van der Waals surface area contributed by atoms with Crippen molar-refractivity contribution >= 4 is 21.8 Å². The highest BCUT2D eigenvalue weighted by molar-refractivity contribution is 9.10. The van der Waals surface area contributed by atoms with Crippen molar-refractivity contribution in [1.29, 1.82) is 0 Å². The van der Waals surface area contributed by atoms with Gasteiger partial charge in [-0.25, -0.2) is 0 Å². The third kappa shape index (κ3) is 5.08. The average molecular weight is 432 g/mol. The number of hydrogen-bond donors (Lipinski definition) is 2. The van der Waals surface area contributed by atoms with Crippen LogP contribution in [0.15, 0.2) is 57.7 Å². The Labute approximate surface area is 166 Å². The SMILES string of the molecule is CC(C)c1ccc(C(O)CNC(=O)c2ccc(Cn3cc(Br)cn3)o2)cc1. The first kappa shape index (κ1) is 19.4. The molecule has 0 spiro atoms. The molecule has 0 fully saturated rings. The lowest BCUT2D eigenvalue weighted by Gasteiger charge is -2.13. The second-order valence-corrected chi connectivity index (χ2v) is 7.58. The van der Waals surface area contributed by atoms with Crippen molar-refractivity contribution in [3.8, 4) is 0 Å². The number of carbonyl (C=O) groups is 1. The lowest BCUT2D eigenvalue weighted by atomic mass is 10.00. The second kappa shape index (κ2) is 8.54. The molecule has 1 unspecified atom stereocenters. The predicted molar refractivity (Wildman–Crippen MR) is 106 cm³/mol. The fourth-order valence-corrected chi connectivity index (χ4v) is 2.99. The molecule has 3 rings (SSSR count). The highest BCUT2D eigenvalue weighted by Crippen LogP contribution is 2.18.